The average Bonchev–Trinajstić information content (AvgIpc) is 3.37. The van der Waals surface area contributed by atoms with E-state index in [1.54, 1.807) is 0 Å². The van der Waals surface area contributed by atoms with Gasteiger partial charge in [0.25, 0.3) is 0 Å². The van der Waals surface area contributed by atoms with Gasteiger partial charge < -0.3 is 4.98 Å². The second-order valence-electron chi connectivity index (χ2n) is 6.01. The van der Waals surface area contributed by atoms with Gasteiger partial charge in [-0.3, -0.25) is 4.79 Å². The second-order valence-corrected chi connectivity index (χ2v) is 7.56. The van der Waals surface area contributed by atoms with Crippen LogP contribution in [-0.4, -0.2) is 10.8 Å². The summed E-state index contributed by atoms with van der Waals surface area (Å²) in [7, 11) is 0. The molecule has 0 aliphatic carbocycles. The standard InChI is InChI=1S/C22H16ClNOS/c23-17-10-8-15(9-11-17)21(18-7-4-14-24-18)19-12-13-20(26-19)22(25)16-5-2-1-3-6-16/h1-14,21,24H. The van der Waals surface area contributed by atoms with Crippen LogP contribution in [0.3, 0.4) is 0 Å². The van der Waals surface area contributed by atoms with E-state index in [1.807, 2.05) is 79.0 Å². The molecule has 2 heterocycles. The lowest BCUT2D eigenvalue weighted by molar-refractivity contribution is 0.104. The van der Waals surface area contributed by atoms with Crippen molar-refractivity contribution < 1.29 is 4.79 Å². The van der Waals surface area contributed by atoms with Crippen LogP contribution in [0.5, 0.6) is 0 Å². The summed E-state index contributed by atoms with van der Waals surface area (Å²) in [6.45, 7) is 0. The zero-order valence-corrected chi connectivity index (χ0v) is 15.4. The molecule has 4 heteroatoms. The molecule has 2 aromatic carbocycles. The number of thiophene rings is 1. The number of halogens is 1. The fraction of sp³-hybridized carbons (Fsp3) is 0.0455. The number of rotatable bonds is 5. The minimum Gasteiger partial charge on any atom is -0.364 e. The van der Waals surface area contributed by atoms with Crippen LogP contribution in [0, 0.1) is 0 Å². The molecular weight excluding hydrogens is 362 g/mol. The number of benzene rings is 2. The predicted octanol–water partition coefficient (Wildman–Crippen LogP) is 6.14. The van der Waals surface area contributed by atoms with Gasteiger partial charge in [0.05, 0.1) is 10.8 Å². The number of ketones is 1. The summed E-state index contributed by atoms with van der Waals surface area (Å²) in [6.07, 6.45) is 1.92. The van der Waals surface area contributed by atoms with Crippen LogP contribution in [0.4, 0.5) is 0 Å². The van der Waals surface area contributed by atoms with Gasteiger partial charge in [-0.05, 0) is 42.0 Å². The quantitative estimate of drug-likeness (QED) is 0.416. The number of hydrogen-bond donors (Lipinski definition) is 1. The highest BCUT2D eigenvalue weighted by Gasteiger charge is 2.21. The number of H-pyrrole nitrogens is 1. The van der Waals surface area contributed by atoms with E-state index in [2.05, 4.69) is 11.1 Å². The monoisotopic (exact) mass is 377 g/mol. The number of aromatic nitrogens is 1. The molecule has 0 spiro atoms. The molecule has 2 aromatic heterocycles. The number of carbonyl (C=O) groups excluding carboxylic acids is 1. The Hall–Kier alpha value is -2.62. The van der Waals surface area contributed by atoms with E-state index in [4.69, 9.17) is 11.6 Å². The Balaban J connectivity index is 1.72. The zero-order valence-electron chi connectivity index (χ0n) is 13.9. The molecule has 26 heavy (non-hydrogen) atoms. The summed E-state index contributed by atoms with van der Waals surface area (Å²) in [5.41, 5.74) is 2.94. The number of nitrogens with one attached hydrogen (secondary N) is 1. The summed E-state index contributed by atoms with van der Waals surface area (Å²) in [5.74, 6) is 0.104. The molecule has 2 nitrogen and oxygen atoms in total. The van der Waals surface area contributed by atoms with Crippen molar-refractivity contribution in [2.45, 2.75) is 5.92 Å². The maximum atomic E-state index is 12.7. The van der Waals surface area contributed by atoms with Gasteiger partial charge in [0.2, 0.25) is 5.78 Å². The molecule has 0 bridgehead atoms. The Morgan fingerprint density at radius 1 is 0.885 bits per heavy atom. The van der Waals surface area contributed by atoms with Crippen LogP contribution >= 0.6 is 22.9 Å². The molecule has 0 aliphatic heterocycles. The van der Waals surface area contributed by atoms with Crippen LogP contribution < -0.4 is 0 Å². The Bertz CT molecular complexity index is 1000. The van der Waals surface area contributed by atoms with E-state index in [1.165, 1.54) is 11.3 Å². The largest absolute Gasteiger partial charge is 0.364 e. The molecular formula is C22H16ClNOS. The van der Waals surface area contributed by atoms with Crippen molar-refractivity contribution in [3.05, 3.63) is 117 Å². The van der Waals surface area contributed by atoms with E-state index in [9.17, 15) is 4.79 Å². The highest BCUT2D eigenvalue weighted by molar-refractivity contribution is 7.14. The van der Waals surface area contributed by atoms with Gasteiger partial charge in [-0.2, -0.15) is 0 Å². The predicted molar refractivity (Wildman–Crippen MR) is 107 cm³/mol. The highest BCUT2D eigenvalue weighted by Crippen LogP contribution is 2.36. The molecule has 1 N–H and O–H groups in total. The van der Waals surface area contributed by atoms with Crippen LogP contribution in [0.15, 0.2) is 85.1 Å². The molecule has 0 amide bonds. The van der Waals surface area contributed by atoms with Gasteiger partial charge in [0.1, 0.15) is 0 Å². The highest BCUT2D eigenvalue weighted by atomic mass is 35.5. The minimum atomic E-state index is 0.0459. The van der Waals surface area contributed by atoms with Gasteiger partial charge in [-0.15, -0.1) is 11.3 Å². The zero-order chi connectivity index (χ0) is 17.9. The lowest BCUT2D eigenvalue weighted by Crippen LogP contribution is -2.01. The van der Waals surface area contributed by atoms with Crippen molar-refractivity contribution in [1.82, 2.24) is 4.98 Å². The normalized spacial score (nSPS) is 12.0. The molecule has 1 unspecified atom stereocenters. The summed E-state index contributed by atoms with van der Waals surface area (Å²) in [4.78, 5) is 17.9. The molecule has 1 atom stereocenters. The topological polar surface area (TPSA) is 32.9 Å². The molecule has 4 aromatic rings. The van der Waals surface area contributed by atoms with E-state index in [-0.39, 0.29) is 11.7 Å². The SMILES string of the molecule is O=C(c1ccccc1)c1ccc(C(c2ccc(Cl)cc2)c2ccc[nH]2)s1. The fourth-order valence-electron chi connectivity index (χ4n) is 3.04. The third kappa shape index (κ3) is 3.36. The third-order valence-corrected chi connectivity index (χ3v) is 5.71. The van der Waals surface area contributed by atoms with Crippen molar-refractivity contribution >= 4 is 28.7 Å². The summed E-state index contributed by atoms with van der Waals surface area (Å²) in [6, 6.07) is 25.3. The molecule has 128 valence electrons. The summed E-state index contributed by atoms with van der Waals surface area (Å²) >= 11 is 7.59. The molecule has 0 saturated carbocycles. The summed E-state index contributed by atoms with van der Waals surface area (Å²) in [5, 5.41) is 0.713. The first-order valence-corrected chi connectivity index (χ1v) is 9.50. The second kappa shape index (κ2) is 7.32. The number of carbonyl (C=O) groups is 1. The van der Waals surface area contributed by atoms with Crippen LogP contribution in [0.2, 0.25) is 5.02 Å². The van der Waals surface area contributed by atoms with Crippen molar-refractivity contribution in [3.8, 4) is 0 Å². The Morgan fingerprint density at radius 3 is 2.35 bits per heavy atom. The number of hydrogen-bond acceptors (Lipinski definition) is 2. The van der Waals surface area contributed by atoms with E-state index in [0.29, 0.717) is 10.6 Å². The van der Waals surface area contributed by atoms with Crippen molar-refractivity contribution in [1.29, 1.82) is 0 Å². The molecule has 0 radical (unpaired) electrons. The van der Waals surface area contributed by atoms with E-state index < -0.39 is 0 Å². The average molecular weight is 378 g/mol. The Labute approximate surface area is 161 Å². The smallest absolute Gasteiger partial charge is 0.202 e. The Kier molecular flexibility index (Phi) is 4.74. The van der Waals surface area contributed by atoms with Crippen LogP contribution in [0.1, 0.15) is 37.3 Å². The van der Waals surface area contributed by atoms with Gasteiger partial charge in [-0.1, -0.05) is 54.1 Å². The molecule has 0 saturated heterocycles. The van der Waals surface area contributed by atoms with Crippen molar-refractivity contribution in [2.75, 3.05) is 0 Å². The first-order chi connectivity index (χ1) is 12.7. The fourth-order valence-corrected chi connectivity index (χ4v) is 4.28. The first kappa shape index (κ1) is 16.8. The van der Waals surface area contributed by atoms with E-state index in [0.717, 1.165) is 21.0 Å². The molecule has 0 fully saturated rings. The lowest BCUT2D eigenvalue weighted by Gasteiger charge is -2.15. The maximum absolute atomic E-state index is 12.7. The van der Waals surface area contributed by atoms with E-state index >= 15 is 0 Å². The molecule has 4 rings (SSSR count). The summed E-state index contributed by atoms with van der Waals surface area (Å²) < 4.78 is 0. The lowest BCUT2D eigenvalue weighted by atomic mass is 9.94. The van der Waals surface area contributed by atoms with Crippen molar-refractivity contribution in [2.24, 2.45) is 0 Å². The van der Waals surface area contributed by atoms with Gasteiger partial charge in [0, 0.05) is 27.4 Å². The van der Waals surface area contributed by atoms with Gasteiger partial charge in [-0.25, -0.2) is 0 Å². The third-order valence-electron chi connectivity index (χ3n) is 4.31. The van der Waals surface area contributed by atoms with Gasteiger partial charge >= 0.3 is 0 Å². The minimum absolute atomic E-state index is 0.0459. The van der Waals surface area contributed by atoms with Crippen LogP contribution in [0.25, 0.3) is 0 Å². The van der Waals surface area contributed by atoms with Crippen molar-refractivity contribution in [3.63, 3.8) is 0 Å². The van der Waals surface area contributed by atoms with Crippen LogP contribution in [-0.2, 0) is 0 Å². The maximum Gasteiger partial charge on any atom is 0.202 e. The Morgan fingerprint density at radius 2 is 1.65 bits per heavy atom. The molecule has 0 aliphatic rings. The number of aromatic amines is 1. The van der Waals surface area contributed by atoms with Gasteiger partial charge in [0.15, 0.2) is 0 Å². The first-order valence-electron chi connectivity index (χ1n) is 8.30.